The van der Waals surface area contributed by atoms with Gasteiger partial charge < -0.3 is 5.32 Å². The molecular formula is C14H20N2O. The van der Waals surface area contributed by atoms with E-state index in [2.05, 4.69) is 17.3 Å². The van der Waals surface area contributed by atoms with Gasteiger partial charge in [-0.3, -0.25) is 4.79 Å². The molecular weight excluding hydrogens is 212 g/mol. The minimum atomic E-state index is -0.832. The van der Waals surface area contributed by atoms with E-state index < -0.39 is 5.41 Å². The number of nitriles is 1. The van der Waals surface area contributed by atoms with E-state index in [1.807, 2.05) is 6.92 Å². The summed E-state index contributed by atoms with van der Waals surface area (Å²) in [4.78, 5) is 12.2. The second-order valence-corrected chi connectivity index (χ2v) is 4.74. The molecule has 0 aliphatic heterocycles. The maximum absolute atomic E-state index is 12.2. The highest BCUT2D eigenvalue weighted by molar-refractivity contribution is 5.86. The summed E-state index contributed by atoms with van der Waals surface area (Å²) in [6.07, 6.45) is 11.4. The van der Waals surface area contributed by atoms with Gasteiger partial charge in [-0.15, -0.1) is 6.42 Å². The Morgan fingerprint density at radius 1 is 1.47 bits per heavy atom. The van der Waals surface area contributed by atoms with Crippen LogP contribution in [0.3, 0.4) is 0 Å². The molecule has 1 fully saturated rings. The summed E-state index contributed by atoms with van der Waals surface area (Å²) < 4.78 is 0. The Kier molecular flexibility index (Phi) is 5.04. The van der Waals surface area contributed by atoms with Gasteiger partial charge in [0.25, 0.3) is 0 Å². The van der Waals surface area contributed by atoms with Crippen molar-refractivity contribution in [1.82, 2.24) is 5.32 Å². The molecule has 92 valence electrons. The number of carbonyl (C=O) groups excluding carboxylic acids is 1. The van der Waals surface area contributed by atoms with Crippen LogP contribution in [0.25, 0.3) is 0 Å². The summed E-state index contributed by atoms with van der Waals surface area (Å²) >= 11 is 0. The van der Waals surface area contributed by atoms with E-state index in [4.69, 9.17) is 6.42 Å². The van der Waals surface area contributed by atoms with Crippen molar-refractivity contribution in [3.63, 3.8) is 0 Å². The fraction of sp³-hybridized carbons (Fsp3) is 0.714. The number of hydrogen-bond donors (Lipinski definition) is 1. The Hall–Kier alpha value is -1.48. The summed E-state index contributed by atoms with van der Waals surface area (Å²) in [6, 6.07) is 1.97. The highest BCUT2D eigenvalue weighted by Gasteiger charge is 2.40. The SMILES string of the molecule is C#CC(CCC)NC(=O)C1(C#N)CCCCC1. The average molecular weight is 232 g/mol. The first-order valence-electron chi connectivity index (χ1n) is 6.37. The molecule has 3 heteroatoms. The van der Waals surface area contributed by atoms with Gasteiger partial charge in [0.2, 0.25) is 5.91 Å². The number of nitrogens with zero attached hydrogens (tertiary/aromatic N) is 1. The molecule has 1 amide bonds. The number of amides is 1. The van der Waals surface area contributed by atoms with Gasteiger partial charge in [0.05, 0.1) is 12.1 Å². The van der Waals surface area contributed by atoms with Crippen LogP contribution in [0, 0.1) is 29.1 Å². The van der Waals surface area contributed by atoms with Gasteiger partial charge in [-0.25, -0.2) is 0 Å². The van der Waals surface area contributed by atoms with E-state index >= 15 is 0 Å². The molecule has 0 aromatic rings. The van der Waals surface area contributed by atoms with Crippen molar-refractivity contribution in [3.05, 3.63) is 0 Å². The van der Waals surface area contributed by atoms with Gasteiger partial charge in [0, 0.05) is 0 Å². The number of hydrogen-bond acceptors (Lipinski definition) is 2. The predicted molar refractivity (Wildman–Crippen MR) is 66.8 cm³/mol. The van der Waals surface area contributed by atoms with Crippen molar-refractivity contribution in [2.24, 2.45) is 5.41 Å². The third-order valence-corrected chi connectivity index (χ3v) is 3.44. The van der Waals surface area contributed by atoms with Crippen LogP contribution in [0.4, 0.5) is 0 Å². The first-order chi connectivity index (χ1) is 8.18. The number of rotatable bonds is 4. The van der Waals surface area contributed by atoms with Crippen LogP contribution < -0.4 is 5.32 Å². The van der Waals surface area contributed by atoms with Gasteiger partial charge >= 0.3 is 0 Å². The molecule has 1 atom stereocenters. The summed E-state index contributed by atoms with van der Waals surface area (Å²) in [6.45, 7) is 2.02. The van der Waals surface area contributed by atoms with Crippen molar-refractivity contribution in [1.29, 1.82) is 5.26 Å². The zero-order valence-corrected chi connectivity index (χ0v) is 10.5. The summed E-state index contributed by atoms with van der Waals surface area (Å²) in [5.74, 6) is 2.40. The van der Waals surface area contributed by atoms with E-state index in [9.17, 15) is 10.1 Å². The highest BCUT2D eigenvalue weighted by atomic mass is 16.2. The predicted octanol–water partition coefficient (Wildman–Crippen LogP) is 2.38. The van der Waals surface area contributed by atoms with Crippen LogP contribution in [-0.2, 0) is 4.79 Å². The Balaban J connectivity index is 2.67. The molecule has 3 nitrogen and oxygen atoms in total. The molecule has 1 saturated carbocycles. The van der Waals surface area contributed by atoms with Gasteiger partial charge in [-0.1, -0.05) is 38.5 Å². The normalized spacial score (nSPS) is 19.7. The molecule has 0 bridgehead atoms. The molecule has 0 aromatic heterocycles. The second kappa shape index (κ2) is 6.30. The Labute approximate surface area is 104 Å². The smallest absolute Gasteiger partial charge is 0.241 e. The number of carbonyl (C=O) groups is 1. The lowest BCUT2D eigenvalue weighted by molar-refractivity contribution is -0.130. The Morgan fingerprint density at radius 3 is 2.59 bits per heavy atom. The third kappa shape index (κ3) is 3.24. The van der Waals surface area contributed by atoms with Gasteiger partial charge in [0.1, 0.15) is 5.41 Å². The van der Waals surface area contributed by atoms with E-state index in [0.29, 0.717) is 12.8 Å². The molecule has 1 N–H and O–H groups in total. The summed E-state index contributed by atoms with van der Waals surface area (Å²) in [5, 5.41) is 12.1. The molecule has 17 heavy (non-hydrogen) atoms. The van der Waals surface area contributed by atoms with Crippen molar-refractivity contribution in [2.75, 3.05) is 0 Å². The lowest BCUT2D eigenvalue weighted by Gasteiger charge is -2.30. The molecule has 1 unspecified atom stereocenters. The van der Waals surface area contributed by atoms with Crippen LogP contribution in [0.2, 0.25) is 0 Å². The Morgan fingerprint density at radius 2 is 2.12 bits per heavy atom. The van der Waals surface area contributed by atoms with E-state index in [-0.39, 0.29) is 11.9 Å². The van der Waals surface area contributed by atoms with Crippen molar-refractivity contribution >= 4 is 5.91 Å². The van der Waals surface area contributed by atoms with Gasteiger partial charge in [-0.05, 0) is 19.3 Å². The molecule has 0 aromatic carbocycles. The standard InChI is InChI=1S/C14H20N2O/c1-3-8-12(4-2)16-13(17)14(11-15)9-6-5-7-10-14/h2,12H,3,5-10H2,1H3,(H,16,17). The van der Waals surface area contributed by atoms with E-state index in [1.165, 1.54) is 0 Å². The fourth-order valence-electron chi connectivity index (χ4n) is 2.33. The summed E-state index contributed by atoms with van der Waals surface area (Å²) in [7, 11) is 0. The average Bonchev–Trinajstić information content (AvgIpc) is 2.38. The minimum absolute atomic E-state index is 0.170. The molecule has 0 radical (unpaired) electrons. The third-order valence-electron chi connectivity index (χ3n) is 3.44. The van der Waals surface area contributed by atoms with Crippen LogP contribution in [0.15, 0.2) is 0 Å². The summed E-state index contributed by atoms with van der Waals surface area (Å²) in [5.41, 5.74) is -0.832. The lowest BCUT2D eigenvalue weighted by Crippen LogP contribution is -2.45. The molecule has 0 saturated heterocycles. The molecule has 1 aliphatic carbocycles. The molecule has 0 heterocycles. The highest BCUT2D eigenvalue weighted by Crippen LogP contribution is 2.35. The van der Waals surface area contributed by atoms with Crippen LogP contribution in [0.5, 0.6) is 0 Å². The zero-order valence-electron chi connectivity index (χ0n) is 10.5. The first-order valence-corrected chi connectivity index (χ1v) is 6.37. The van der Waals surface area contributed by atoms with E-state index in [0.717, 1.165) is 32.1 Å². The molecule has 1 rings (SSSR count). The monoisotopic (exact) mass is 232 g/mol. The molecule has 0 spiro atoms. The van der Waals surface area contributed by atoms with Crippen molar-refractivity contribution in [3.8, 4) is 18.4 Å². The number of nitrogens with one attached hydrogen (secondary N) is 1. The lowest BCUT2D eigenvalue weighted by atomic mass is 9.74. The quantitative estimate of drug-likeness (QED) is 0.757. The van der Waals surface area contributed by atoms with Gasteiger partial charge in [0.15, 0.2) is 0 Å². The maximum Gasteiger partial charge on any atom is 0.241 e. The van der Waals surface area contributed by atoms with Crippen molar-refractivity contribution in [2.45, 2.75) is 57.9 Å². The Bertz CT molecular complexity index is 342. The van der Waals surface area contributed by atoms with Crippen molar-refractivity contribution < 1.29 is 4.79 Å². The number of terminal acetylenes is 1. The minimum Gasteiger partial charge on any atom is -0.341 e. The largest absolute Gasteiger partial charge is 0.341 e. The van der Waals surface area contributed by atoms with Gasteiger partial charge in [-0.2, -0.15) is 5.26 Å². The van der Waals surface area contributed by atoms with E-state index in [1.54, 1.807) is 0 Å². The maximum atomic E-state index is 12.2. The first kappa shape index (κ1) is 13.6. The topological polar surface area (TPSA) is 52.9 Å². The van der Waals surface area contributed by atoms with Crippen LogP contribution in [-0.4, -0.2) is 11.9 Å². The fourth-order valence-corrected chi connectivity index (χ4v) is 2.33. The molecule has 1 aliphatic rings. The zero-order chi connectivity index (χ0) is 12.7. The van der Waals surface area contributed by atoms with Crippen LogP contribution in [0.1, 0.15) is 51.9 Å². The van der Waals surface area contributed by atoms with Crippen LogP contribution >= 0.6 is 0 Å². The second-order valence-electron chi connectivity index (χ2n) is 4.74.